The Hall–Kier alpha value is -2.97. The van der Waals surface area contributed by atoms with E-state index < -0.39 is 12.0 Å². The Bertz CT molecular complexity index is 1620. The highest BCUT2D eigenvalue weighted by Crippen LogP contribution is 2.36. The van der Waals surface area contributed by atoms with Crippen LogP contribution in [0.3, 0.4) is 0 Å². The SMILES string of the molecule is CCOC(=O)C1=C(c2ccccc2)N=c2s/c(=C\c3cccc(Cl)c3Cl)c(=O)n2[C@H]1c1cccs1. The fourth-order valence-electron chi connectivity index (χ4n) is 3.93. The summed E-state index contributed by atoms with van der Waals surface area (Å²) in [6.45, 7) is 1.96. The Morgan fingerprint density at radius 1 is 1.11 bits per heavy atom. The summed E-state index contributed by atoms with van der Waals surface area (Å²) in [5.74, 6) is -0.499. The topological polar surface area (TPSA) is 60.7 Å². The van der Waals surface area contributed by atoms with E-state index in [9.17, 15) is 9.59 Å². The first-order valence-electron chi connectivity index (χ1n) is 10.8. The lowest BCUT2D eigenvalue weighted by atomic mass is 9.97. The van der Waals surface area contributed by atoms with Crippen molar-refractivity contribution in [2.75, 3.05) is 6.61 Å². The van der Waals surface area contributed by atoms with Crippen LogP contribution in [-0.2, 0) is 9.53 Å². The molecule has 1 aliphatic rings. The molecular weight excluding hydrogens is 523 g/mol. The van der Waals surface area contributed by atoms with E-state index in [0.29, 0.717) is 36.2 Å². The molecule has 1 atom stereocenters. The van der Waals surface area contributed by atoms with Crippen molar-refractivity contribution in [3.05, 3.63) is 117 Å². The highest BCUT2D eigenvalue weighted by molar-refractivity contribution is 7.10. The van der Waals surface area contributed by atoms with E-state index >= 15 is 0 Å². The number of esters is 1. The molecule has 0 spiro atoms. The largest absolute Gasteiger partial charge is 0.463 e. The molecule has 3 heterocycles. The summed E-state index contributed by atoms with van der Waals surface area (Å²) >= 11 is 15.3. The first kappa shape index (κ1) is 23.8. The van der Waals surface area contributed by atoms with Gasteiger partial charge in [0, 0.05) is 10.4 Å². The number of benzene rings is 2. The van der Waals surface area contributed by atoms with Gasteiger partial charge in [-0.1, -0.05) is 83.1 Å². The number of carbonyl (C=O) groups excluding carboxylic acids is 1. The zero-order valence-electron chi connectivity index (χ0n) is 18.4. The second kappa shape index (κ2) is 9.95. The first-order valence-corrected chi connectivity index (χ1v) is 13.2. The number of fused-ring (bicyclic) bond motifs is 1. The molecule has 0 bridgehead atoms. The van der Waals surface area contributed by atoms with Crippen molar-refractivity contribution in [3.63, 3.8) is 0 Å². The minimum absolute atomic E-state index is 0.208. The van der Waals surface area contributed by atoms with Gasteiger partial charge in [0.15, 0.2) is 4.80 Å². The molecule has 9 heteroatoms. The summed E-state index contributed by atoms with van der Waals surface area (Å²) in [5.41, 5.74) is 1.96. The van der Waals surface area contributed by atoms with Crippen molar-refractivity contribution in [2.45, 2.75) is 13.0 Å². The van der Waals surface area contributed by atoms with Gasteiger partial charge in [-0.15, -0.1) is 11.3 Å². The van der Waals surface area contributed by atoms with Crippen LogP contribution in [0.4, 0.5) is 0 Å². The lowest BCUT2D eigenvalue weighted by molar-refractivity contribution is -0.138. The molecule has 5 nitrogen and oxygen atoms in total. The monoisotopic (exact) mass is 540 g/mol. The van der Waals surface area contributed by atoms with E-state index in [1.54, 1.807) is 35.8 Å². The van der Waals surface area contributed by atoms with Crippen LogP contribution in [0.25, 0.3) is 11.8 Å². The summed E-state index contributed by atoms with van der Waals surface area (Å²) in [4.78, 5) is 33.2. The zero-order valence-corrected chi connectivity index (χ0v) is 21.5. The summed E-state index contributed by atoms with van der Waals surface area (Å²) in [6, 6.07) is 17.9. The van der Waals surface area contributed by atoms with Gasteiger partial charge in [-0.05, 0) is 36.1 Å². The Kier molecular flexibility index (Phi) is 6.75. The maximum atomic E-state index is 13.7. The number of hydrogen-bond acceptors (Lipinski definition) is 6. The third-order valence-electron chi connectivity index (χ3n) is 5.45. The predicted octanol–water partition coefficient (Wildman–Crippen LogP) is 5.30. The molecule has 4 aromatic rings. The average Bonchev–Trinajstić information content (AvgIpc) is 3.50. The van der Waals surface area contributed by atoms with Crippen LogP contribution in [0, 0.1) is 0 Å². The number of thiazole rings is 1. The number of carbonyl (C=O) groups is 1. The lowest BCUT2D eigenvalue weighted by Gasteiger charge is -2.24. The van der Waals surface area contributed by atoms with Crippen molar-refractivity contribution < 1.29 is 9.53 Å². The van der Waals surface area contributed by atoms with Crippen LogP contribution in [0.2, 0.25) is 10.0 Å². The maximum absolute atomic E-state index is 13.7. The third-order valence-corrected chi connectivity index (χ3v) is 8.20. The van der Waals surface area contributed by atoms with Crippen LogP contribution in [0.1, 0.15) is 29.0 Å². The van der Waals surface area contributed by atoms with Gasteiger partial charge in [-0.25, -0.2) is 9.79 Å². The summed E-state index contributed by atoms with van der Waals surface area (Å²) in [5, 5.41) is 2.69. The molecule has 0 unspecified atom stereocenters. The van der Waals surface area contributed by atoms with Crippen LogP contribution in [0.15, 0.2) is 81.4 Å². The molecular formula is C26H18Cl2N2O3S2. The molecule has 0 saturated carbocycles. The molecule has 1 aliphatic heterocycles. The molecule has 0 N–H and O–H groups in total. The van der Waals surface area contributed by atoms with Crippen molar-refractivity contribution in [2.24, 2.45) is 4.99 Å². The minimum atomic E-state index is -0.669. The standard InChI is InChI=1S/C26H18Cl2N2O3S2/c1-2-33-25(32)20-22(15-8-4-3-5-9-15)29-26-30(23(20)18-12-7-13-34-18)24(31)19(35-26)14-16-10-6-11-17(27)21(16)28/h3-14,23H,2H2,1H3/b19-14-/t23-/m0/s1. The smallest absolute Gasteiger partial charge is 0.338 e. The molecule has 176 valence electrons. The second-order valence-corrected chi connectivity index (χ2v) is 10.4. The normalized spacial score (nSPS) is 15.6. The van der Waals surface area contributed by atoms with Gasteiger partial charge < -0.3 is 4.74 Å². The zero-order chi connectivity index (χ0) is 24.5. The molecule has 35 heavy (non-hydrogen) atoms. The lowest BCUT2D eigenvalue weighted by Crippen LogP contribution is -2.39. The van der Waals surface area contributed by atoms with Crippen molar-refractivity contribution in [3.8, 4) is 0 Å². The first-order chi connectivity index (χ1) is 17.0. The van der Waals surface area contributed by atoms with E-state index in [1.807, 2.05) is 47.8 Å². The number of rotatable bonds is 5. The average molecular weight is 541 g/mol. The van der Waals surface area contributed by atoms with Crippen LogP contribution < -0.4 is 14.9 Å². The molecule has 2 aromatic heterocycles. The van der Waals surface area contributed by atoms with Gasteiger partial charge in [0.25, 0.3) is 5.56 Å². The quantitative estimate of drug-likeness (QED) is 0.322. The van der Waals surface area contributed by atoms with Gasteiger partial charge >= 0.3 is 5.97 Å². The molecule has 0 saturated heterocycles. The Morgan fingerprint density at radius 2 is 1.91 bits per heavy atom. The maximum Gasteiger partial charge on any atom is 0.338 e. The third kappa shape index (κ3) is 4.41. The number of aromatic nitrogens is 1. The van der Waals surface area contributed by atoms with E-state index in [1.165, 1.54) is 22.7 Å². The van der Waals surface area contributed by atoms with Gasteiger partial charge in [-0.2, -0.15) is 0 Å². The van der Waals surface area contributed by atoms with Crippen molar-refractivity contribution in [1.29, 1.82) is 0 Å². The highest BCUT2D eigenvalue weighted by atomic mass is 35.5. The number of hydrogen-bond donors (Lipinski definition) is 0. The number of nitrogens with zero attached hydrogens (tertiary/aromatic N) is 2. The van der Waals surface area contributed by atoms with E-state index in [0.717, 1.165) is 10.4 Å². The Morgan fingerprint density at radius 3 is 2.63 bits per heavy atom. The van der Waals surface area contributed by atoms with Crippen molar-refractivity contribution >= 4 is 63.6 Å². The molecule has 0 fully saturated rings. The van der Waals surface area contributed by atoms with E-state index in [4.69, 9.17) is 32.9 Å². The van der Waals surface area contributed by atoms with E-state index in [2.05, 4.69) is 0 Å². The Labute approximate surface area is 218 Å². The Balaban J connectivity index is 1.83. The predicted molar refractivity (Wildman–Crippen MR) is 142 cm³/mol. The summed E-state index contributed by atoms with van der Waals surface area (Å²) in [7, 11) is 0. The fraction of sp³-hybridized carbons (Fsp3) is 0.115. The second-order valence-electron chi connectivity index (χ2n) is 7.59. The minimum Gasteiger partial charge on any atom is -0.463 e. The van der Waals surface area contributed by atoms with Crippen LogP contribution in [0.5, 0.6) is 0 Å². The molecule has 2 aromatic carbocycles. The highest BCUT2D eigenvalue weighted by Gasteiger charge is 2.35. The molecule has 5 rings (SSSR count). The van der Waals surface area contributed by atoms with Crippen LogP contribution >= 0.6 is 45.9 Å². The van der Waals surface area contributed by atoms with Crippen molar-refractivity contribution in [1.82, 2.24) is 4.57 Å². The van der Waals surface area contributed by atoms with Gasteiger partial charge in [-0.3, -0.25) is 9.36 Å². The fourth-order valence-corrected chi connectivity index (χ4v) is 6.11. The summed E-state index contributed by atoms with van der Waals surface area (Å²) < 4.78 is 7.45. The summed E-state index contributed by atoms with van der Waals surface area (Å²) in [6.07, 6.45) is 1.71. The van der Waals surface area contributed by atoms with Gasteiger partial charge in [0.05, 0.1) is 32.5 Å². The number of halogens is 2. The van der Waals surface area contributed by atoms with Crippen LogP contribution in [-0.4, -0.2) is 17.1 Å². The number of ether oxygens (including phenoxy) is 1. The van der Waals surface area contributed by atoms with E-state index in [-0.39, 0.29) is 12.2 Å². The molecule has 0 radical (unpaired) electrons. The van der Waals surface area contributed by atoms with Gasteiger partial charge in [0.2, 0.25) is 0 Å². The molecule has 0 amide bonds. The van der Waals surface area contributed by atoms with Gasteiger partial charge in [0.1, 0.15) is 6.04 Å². The molecule has 0 aliphatic carbocycles. The number of thiophene rings is 1.